The second-order valence-electron chi connectivity index (χ2n) is 4.76. The van der Waals surface area contributed by atoms with Gasteiger partial charge in [-0.3, -0.25) is 9.59 Å². The van der Waals surface area contributed by atoms with E-state index in [4.69, 9.17) is 4.74 Å². The van der Waals surface area contributed by atoms with Crippen LogP contribution >= 0.6 is 0 Å². The molecule has 0 spiro atoms. The quantitative estimate of drug-likeness (QED) is 0.822. The van der Waals surface area contributed by atoms with E-state index in [0.29, 0.717) is 24.4 Å². The average molecular weight is 280 g/mol. The zero-order chi connectivity index (χ0) is 14.5. The van der Waals surface area contributed by atoms with Gasteiger partial charge in [-0.2, -0.15) is 0 Å². The Morgan fingerprint density at radius 3 is 2.85 bits per heavy atom. The van der Waals surface area contributed by atoms with E-state index in [9.17, 15) is 14.0 Å². The van der Waals surface area contributed by atoms with Crippen molar-refractivity contribution < 1.29 is 18.7 Å². The minimum absolute atomic E-state index is 0.0145. The van der Waals surface area contributed by atoms with E-state index in [1.807, 2.05) is 0 Å². The van der Waals surface area contributed by atoms with Gasteiger partial charge in [0.2, 0.25) is 0 Å². The number of amides is 2. The number of hydrogen-bond donors (Lipinski definition) is 2. The smallest absolute Gasteiger partial charge is 0.313 e. The molecule has 1 fully saturated rings. The lowest BCUT2D eigenvalue weighted by atomic mass is 10.2. The van der Waals surface area contributed by atoms with Crippen molar-refractivity contribution in [3.8, 4) is 0 Å². The average Bonchev–Trinajstić information content (AvgIpc) is 2.92. The van der Waals surface area contributed by atoms with Crippen molar-refractivity contribution in [3.05, 3.63) is 29.6 Å². The molecule has 0 radical (unpaired) electrons. The van der Waals surface area contributed by atoms with Crippen LogP contribution in [0.2, 0.25) is 0 Å². The molecule has 2 amide bonds. The van der Waals surface area contributed by atoms with E-state index in [1.54, 1.807) is 6.92 Å². The number of anilines is 1. The Labute approximate surface area is 116 Å². The van der Waals surface area contributed by atoms with Crippen LogP contribution < -0.4 is 10.6 Å². The molecule has 0 bridgehead atoms. The maximum atomic E-state index is 12.9. The van der Waals surface area contributed by atoms with Crippen LogP contribution in [0.4, 0.5) is 10.1 Å². The number of rotatable bonds is 3. The van der Waals surface area contributed by atoms with Crippen LogP contribution in [0.15, 0.2) is 18.2 Å². The first-order valence-corrected chi connectivity index (χ1v) is 6.53. The summed E-state index contributed by atoms with van der Waals surface area (Å²) in [6.45, 7) is 2.68. The lowest BCUT2D eigenvalue weighted by Gasteiger charge is -2.11. The van der Waals surface area contributed by atoms with Crippen molar-refractivity contribution in [2.24, 2.45) is 0 Å². The van der Waals surface area contributed by atoms with Crippen molar-refractivity contribution in [2.75, 3.05) is 18.5 Å². The van der Waals surface area contributed by atoms with E-state index in [0.717, 1.165) is 12.8 Å². The Morgan fingerprint density at radius 1 is 1.40 bits per heavy atom. The first-order valence-electron chi connectivity index (χ1n) is 6.53. The van der Waals surface area contributed by atoms with E-state index in [1.165, 1.54) is 18.2 Å². The first kappa shape index (κ1) is 14.5. The van der Waals surface area contributed by atoms with Gasteiger partial charge in [-0.25, -0.2) is 4.39 Å². The van der Waals surface area contributed by atoms with Crippen molar-refractivity contribution in [2.45, 2.75) is 25.9 Å². The van der Waals surface area contributed by atoms with Crippen LogP contribution in [0.5, 0.6) is 0 Å². The summed E-state index contributed by atoms with van der Waals surface area (Å²) < 4.78 is 18.3. The van der Waals surface area contributed by atoms with Crippen LogP contribution in [0.3, 0.4) is 0 Å². The molecule has 20 heavy (non-hydrogen) atoms. The number of nitrogens with one attached hydrogen (secondary N) is 2. The molecule has 0 saturated carbocycles. The number of halogens is 1. The van der Waals surface area contributed by atoms with Gasteiger partial charge >= 0.3 is 11.8 Å². The van der Waals surface area contributed by atoms with Crippen LogP contribution in [0.25, 0.3) is 0 Å². The third-order valence-electron chi connectivity index (χ3n) is 3.16. The third-order valence-corrected chi connectivity index (χ3v) is 3.16. The fourth-order valence-corrected chi connectivity index (χ4v) is 2.04. The predicted octanol–water partition coefficient (Wildman–Crippen LogP) is 1.37. The van der Waals surface area contributed by atoms with Crippen LogP contribution in [0, 0.1) is 12.7 Å². The zero-order valence-electron chi connectivity index (χ0n) is 11.2. The normalized spacial score (nSPS) is 17.8. The Kier molecular flexibility index (Phi) is 4.68. The van der Waals surface area contributed by atoms with Crippen LogP contribution in [-0.2, 0) is 14.3 Å². The van der Waals surface area contributed by atoms with Crippen molar-refractivity contribution in [3.63, 3.8) is 0 Å². The van der Waals surface area contributed by atoms with Crippen LogP contribution in [0.1, 0.15) is 18.4 Å². The SMILES string of the molecule is Cc1cc(F)ccc1NC(=O)C(=O)NC[C@H]1CCCO1. The molecule has 1 aromatic carbocycles. The molecule has 1 aliphatic heterocycles. The maximum Gasteiger partial charge on any atom is 0.313 e. The fraction of sp³-hybridized carbons (Fsp3) is 0.429. The fourth-order valence-electron chi connectivity index (χ4n) is 2.04. The topological polar surface area (TPSA) is 67.4 Å². The lowest BCUT2D eigenvalue weighted by molar-refractivity contribution is -0.136. The zero-order valence-corrected chi connectivity index (χ0v) is 11.2. The summed E-state index contributed by atoms with van der Waals surface area (Å²) in [4.78, 5) is 23.3. The Hall–Kier alpha value is -1.95. The number of hydrogen-bond acceptors (Lipinski definition) is 3. The highest BCUT2D eigenvalue weighted by Gasteiger charge is 2.19. The molecule has 1 atom stereocenters. The molecule has 1 saturated heterocycles. The summed E-state index contributed by atoms with van der Waals surface area (Å²) in [5.74, 6) is -1.87. The van der Waals surface area contributed by atoms with Gasteiger partial charge < -0.3 is 15.4 Å². The molecule has 1 heterocycles. The van der Waals surface area contributed by atoms with Crippen molar-refractivity contribution in [1.82, 2.24) is 5.32 Å². The molecule has 2 N–H and O–H groups in total. The van der Waals surface area contributed by atoms with E-state index < -0.39 is 11.8 Å². The monoisotopic (exact) mass is 280 g/mol. The van der Waals surface area contributed by atoms with Gasteiger partial charge in [-0.1, -0.05) is 0 Å². The van der Waals surface area contributed by atoms with Gasteiger partial charge in [-0.05, 0) is 43.5 Å². The lowest BCUT2D eigenvalue weighted by Crippen LogP contribution is -2.39. The van der Waals surface area contributed by atoms with Gasteiger partial charge in [0.25, 0.3) is 0 Å². The van der Waals surface area contributed by atoms with Crippen molar-refractivity contribution >= 4 is 17.5 Å². The highest BCUT2D eigenvalue weighted by molar-refractivity contribution is 6.39. The minimum Gasteiger partial charge on any atom is -0.376 e. The van der Waals surface area contributed by atoms with E-state index in [2.05, 4.69) is 10.6 Å². The molecule has 1 aliphatic rings. The molecule has 6 heteroatoms. The Bertz CT molecular complexity index is 513. The molecule has 0 aromatic heterocycles. The standard InChI is InChI=1S/C14H17FN2O3/c1-9-7-10(15)4-5-12(9)17-14(19)13(18)16-8-11-3-2-6-20-11/h4-5,7,11H,2-3,6,8H2,1H3,(H,16,18)(H,17,19)/t11-/m1/s1. The molecule has 108 valence electrons. The highest BCUT2D eigenvalue weighted by atomic mass is 19.1. The Balaban J connectivity index is 1.85. The second kappa shape index (κ2) is 6.47. The molecule has 5 nitrogen and oxygen atoms in total. The first-order chi connectivity index (χ1) is 9.56. The van der Waals surface area contributed by atoms with Gasteiger partial charge in [0.05, 0.1) is 6.10 Å². The summed E-state index contributed by atoms with van der Waals surface area (Å²) >= 11 is 0. The van der Waals surface area contributed by atoms with Gasteiger partial charge in [-0.15, -0.1) is 0 Å². The number of aryl methyl sites for hydroxylation is 1. The summed E-state index contributed by atoms with van der Waals surface area (Å²) in [6.07, 6.45) is 1.85. The minimum atomic E-state index is -0.766. The predicted molar refractivity (Wildman–Crippen MR) is 71.8 cm³/mol. The van der Waals surface area contributed by atoms with E-state index >= 15 is 0 Å². The second-order valence-corrected chi connectivity index (χ2v) is 4.76. The molecular formula is C14H17FN2O3. The van der Waals surface area contributed by atoms with E-state index in [-0.39, 0.29) is 11.9 Å². The van der Waals surface area contributed by atoms with Gasteiger partial charge in [0.15, 0.2) is 0 Å². The third kappa shape index (κ3) is 3.77. The summed E-state index contributed by atoms with van der Waals surface area (Å²) in [6, 6.07) is 3.95. The summed E-state index contributed by atoms with van der Waals surface area (Å²) in [7, 11) is 0. The maximum absolute atomic E-state index is 12.9. The molecule has 2 rings (SSSR count). The number of ether oxygens (including phenoxy) is 1. The largest absolute Gasteiger partial charge is 0.376 e. The Morgan fingerprint density at radius 2 is 2.20 bits per heavy atom. The molecule has 1 aromatic rings. The number of benzene rings is 1. The summed E-state index contributed by atoms with van der Waals surface area (Å²) in [5, 5.41) is 4.98. The van der Waals surface area contributed by atoms with Gasteiger partial charge in [0.1, 0.15) is 5.82 Å². The molecule has 0 unspecified atom stereocenters. The van der Waals surface area contributed by atoms with Crippen LogP contribution in [-0.4, -0.2) is 31.1 Å². The number of carbonyl (C=O) groups excluding carboxylic acids is 2. The summed E-state index contributed by atoms with van der Waals surface area (Å²) in [5.41, 5.74) is 0.981. The van der Waals surface area contributed by atoms with Crippen molar-refractivity contribution in [1.29, 1.82) is 0 Å². The number of carbonyl (C=O) groups is 2. The molecular weight excluding hydrogens is 263 g/mol. The molecule has 0 aliphatic carbocycles. The van der Waals surface area contributed by atoms with Gasteiger partial charge in [0, 0.05) is 18.8 Å². The highest BCUT2D eigenvalue weighted by Crippen LogP contribution is 2.15.